The summed E-state index contributed by atoms with van der Waals surface area (Å²) in [5.74, 6) is 0.632. The fourth-order valence-corrected chi connectivity index (χ4v) is 2.02. The number of benzene rings is 1. The fourth-order valence-electron chi connectivity index (χ4n) is 2.02. The number of anilines is 3. The lowest BCUT2D eigenvalue weighted by Gasteiger charge is -2.18. The molecule has 2 aromatic rings. The molecular weight excluding hydrogens is 216 g/mol. The molecule has 17 heavy (non-hydrogen) atoms. The van der Waals surface area contributed by atoms with E-state index >= 15 is 0 Å². The van der Waals surface area contributed by atoms with Gasteiger partial charge in [0.1, 0.15) is 0 Å². The van der Waals surface area contributed by atoms with Crippen molar-refractivity contribution in [2.75, 3.05) is 17.2 Å². The van der Waals surface area contributed by atoms with Crippen LogP contribution in [0, 0.1) is 6.92 Å². The van der Waals surface area contributed by atoms with E-state index < -0.39 is 0 Å². The number of hydrogen-bond acceptors (Lipinski definition) is 5. The van der Waals surface area contributed by atoms with Gasteiger partial charge >= 0.3 is 6.01 Å². The molecule has 0 spiro atoms. The van der Waals surface area contributed by atoms with Crippen LogP contribution in [0.3, 0.4) is 0 Å². The Balaban J connectivity index is 1.84. The first-order valence-corrected chi connectivity index (χ1v) is 5.75. The predicted octanol–water partition coefficient (Wildman–Crippen LogP) is 2.48. The smallest absolute Gasteiger partial charge is 0.325 e. The molecule has 2 N–H and O–H groups in total. The molecule has 0 radical (unpaired) electrons. The minimum Gasteiger partial charge on any atom is -0.385 e. The summed E-state index contributed by atoms with van der Waals surface area (Å²) in [6, 6.07) is 6.66. The van der Waals surface area contributed by atoms with Gasteiger partial charge in [0.2, 0.25) is 0 Å². The SMILES string of the molecule is Cc1noc(Nc2ccc3c(c2)CCCN3)n1. The van der Waals surface area contributed by atoms with Crippen LogP contribution in [0.25, 0.3) is 0 Å². The maximum absolute atomic E-state index is 5.02. The summed E-state index contributed by atoms with van der Waals surface area (Å²) in [5.41, 5.74) is 3.54. The van der Waals surface area contributed by atoms with E-state index in [4.69, 9.17) is 4.52 Å². The quantitative estimate of drug-likeness (QED) is 0.829. The van der Waals surface area contributed by atoms with Crippen molar-refractivity contribution in [1.82, 2.24) is 10.1 Å². The van der Waals surface area contributed by atoms with Gasteiger partial charge in [0, 0.05) is 17.9 Å². The maximum atomic E-state index is 5.02. The summed E-state index contributed by atoms with van der Waals surface area (Å²) in [7, 11) is 0. The third kappa shape index (κ3) is 2.08. The summed E-state index contributed by atoms with van der Waals surface area (Å²) in [5, 5.41) is 10.2. The largest absolute Gasteiger partial charge is 0.385 e. The van der Waals surface area contributed by atoms with E-state index in [1.807, 2.05) is 6.07 Å². The second-order valence-corrected chi connectivity index (χ2v) is 4.17. The van der Waals surface area contributed by atoms with Crippen molar-refractivity contribution in [3.05, 3.63) is 29.6 Å². The number of aryl methyl sites for hydroxylation is 2. The normalized spacial score (nSPS) is 13.9. The van der Waals surface area contributed by atoms with Gasteiger partial charge in [-0.1, -0.05) is 5.16 Å². The van der Waals surface area contributed by atoms with Crippen molar-refractivity contribution in [3.63, 3.8) is 0 Å². The zero-order chi connectivity index (χ0) is 11.7. The summed E-state index contributed by atoms with van der Waals surface area (Å²) in [6.07, 6.45) is 2.29. The van der Waals surface area contributed by atoms with E-state index in [1.54, 1.807) is 6.92 Å². The Morgan fingerprint density at radius 3 is 3.18 bits per heavy atom. The Morgan fingerprint density at radius 1 is 1.41 bits per heavy atom. The van der Waals surface area contributed by atoms with Gasteiger partial charge in [0.25, 0.3) is 0 Å². The predicted molar refractivity (Wildman–Crippen MR) is 65.6 cm³/mol. The zero-order valence-electron chi connectivity index (χ0n) is 9.66. The van der Waals surface area contributed by atoms with Crippen LogP contribution in [0.15, 0.2) is 22.7 Å². The molecule has 2 heterocycles. The Hall–Kier alpha value is -2.04. The fraction of sp³-hybridized carbons (Fsp3) is 0.333. The molecule has 88 valence electrons. The Morgan fingerprint density at radius 2 is 2.35 bits per heavy atom. The van der Waals surface area contributed by atoms with Crippen molar-refractivity contribution in [2.45, 2.75) is 19.8 Å². The molecular formula is C12H14N4O. The standard InChI is InChI=1S/C12H14N4O/c1-8-14-12(17-16-8)15-10-4-5-11-9(7-10)3-2-6-13-11/h4-5,7,13H,2-3,6H2,1H3,(H,14,15,16). The molecule has 1 aliphatic rings. The van der Waals surface area contributed by atoms with Crippen LogP contribution >= 0.6 is 0 Å². The van der Waals surface area contributed by atoms with E-state index in [0.717, 1.165) is 18.7 Å². The highest BCUT2D eigenvalue weighted by Gasteiger charge is 2.09. The van der Waals surface area contributed by atoms with Gasteiger partial charge in [-0.15, -0.1) is 0 Å². The van der Waals surface area contributed by atoms with Crippen molar-refractivity contribution >= 4 is 17.4 Å². The minimum atomic E-state index is 0.436. The average Bonchev–Trinajstić information content (AvgIpc) is 2.75. The van der Waals surface area contributed by atoms with Crippen molar-refractivity contribution < 1.29 is 4.52 Å². The number of nitrogens with one attached hydrogen (secondary N) is 2. The van der Waals surface area contributed by atoms with Gasteiger partial charge in [-0.25, -0.2) is 0 Å². The first kappa shape index (κ1) is 10.1. The van der Waals surface area contributed by atoms with Crippen LogP contribution in [0.2, 0.25) is 0 Å². The molecule has 3 rings (SSSR count). The van der Waals surface area contributed by atoms with E-state index in [-0.39, 0.29) is 0 Å². The molecule has 1 aliphatic heterocycles. The van der Waals surface area contributed by atoms with E-state index in [2.05, 4.69) is 32.9 Å². The van der Waals surface area contributed by atoms with Crippen molar-refractivity contribution in [3.8, 4) is 0 Å². The molecule has 0 saturated heterocycles. The Kier molecular flexibility index (Phi) is 2.44. The number of hydrogen-bond donors (Lipinski definition) is 2. The van der Waals surface area contributed by atoms with Gasteiger partial charge in [0.15, 0.2) is 5.82 Å². The van der Waals surface area contributed by atoms with Gasteiger partial charge in [-0.3, -0.25) is 0 Å². The van der Waals surface area contributed by atoms with Crippen LogP contribution in [-0.2, 0) is 6.42 Å². The Labute approximate surface area is 99.2 Å². The average molecular weight is 230 g/mol. The van der Waals surface area contributed by atoms with Crippen molar-refractivity contribution in [1.29, 1.82) is 0 Å². The molecule has 0 unspecified atom stereocenters. The van der Waals surface area contributed by atoms with Crippen LogP contribution in [0.5, 0.6) is 0 Å². The molecule has 1 aromatic carbocycles. The second kappa shape index (κ2) is 4.08. The molecule has 5 nitrogen and oxygen atoms in total. The lowest BCUT2D eigenvalue weighted by molar-refractivity contribution is 0.428. The van der Waals surface area contributed by atoms with Gasteiger partial charge in [-0.05, 0) is 43.5 Å². The highest BCUT2D eigenvalue weighted by molar-refractivity contribution is 5.63. The highest BCUT2D eigenvalue weighted by Crippen LogP contribution is 2.26. The van der Waals surface area contributed by atoms with Crippen LogP contribution in [0.4, 0.5) is 17.4 Å². The molecule has 0 bridgehead atoms. The molecule has 0 saturated carbocycles. The monoisotopic (exact) mass is 230 g/mol. The maximum Gasteiger partial charge on any atom is 0.325 e. The first-order valence-electron chi connectivity index (χ1n) is 5.75. The summed E-state index contributed by atoms with van der Waals surface area (Å²) in [6.45, 7) is 2.86. The van der Waals surface area contributed by atoms with Gasteiger partial charge < -0.3 is 15.2 Å². The molecule has 0 amide bonds. The number of nitrogens with zero attached hydrogens (tertiary/aromatic N) is 2. The zero-order valence-corrected chi connectivity index (χ0v) is 9.66. The number of rotatable bonds is 2. The minimum absolute atomic E-state index is 0.436. The Bertz CT molecular complexity index is 535. The van der Waals surface area contributed by atoms with E-state index in [0.29, 0.717) is 11.8 Å². The number of aromatic nitrogens is 2. The molecule has 0 atom stereocenters. The third-order valence-corrected chi connectivity index (χ3v) is 2.82. The second-order valence-electron chi connectivity index (χ2n) is 4.17. The first-order chi connectivity index (χ1) is 8.31. The van der Waals surface area contributed by atoms with E-state index in [9.17, 15) is 0 Å². The lowest BCUT2D eigenvalue weighted by atomic mass is 10.0. The summed E-state index contributed by atoms with van der Waals surface area (Å²) in [4.78, 5) is 4.11. The third-order valence-electron chi connectivity index (χ3n) is 2.82. The highest BCUT2D eigenvalue weighted by atomic mass is 16.5. The molecule has 0 aliphatic carbocycles. The van der Waals surface area contributed by atoms with Crippen LogP contribution in [-0.4, -0.2) is 16.7 Å². The summed E-state index contributed by atoms with van der Waals surface area (Å²) >= 11 is 0. The number of fused-ring (bicyclic) bond motifs is 1. The topological polar surface area (TPSA) is 63.0 Å². The lowest BCUT2D eigenvalue weighted by Crippen LogP contribution is -2.11. The summed E-state index contributed by atoms with van der Waals surface area (Å²) < 4.78 is 5.02. The molecule has 1 aromatic heterocycles. The van der Waals surface area contributed by atoms with Gasteiger partial charge in [0.05, 0.1) is 0 Å². The van der Waals surface area contributed by atoms with E-state index in [1.165, 1.54) is 17.7 Å². The van der Waals surface area contributed by atoms with Crippen LogP contribution < -0.4 is 10.6 Å². The molecule has 0 fully saturated rings. The van der Waals surface area contributed by atoms with Crippen molar-refractivity contribution in [2.24, 2.45) is 0 Å². The van der Waals surface area contributed by atoms with Gasteiger partial charge in [-0.2, -0.15) is 4.98 Å². The molecule has 5 heteroatoms. The van der Waals surface area contributed by atoms with Crippen LogP contribution in [0.1, 0.15) is 17.8 Å².